The van der Waals surface area contributed by atoms with Gasteiger partial charge in [0.15, 0.2) is 0 Å². The highest BCUT2D eigenvalue weighted by Crippen LogP contribution is 2.24. The van der Waals surface area contributed by atoms with E-state index in [1.165, 1.54) is 0 Å². The first kappa shape index (κ1) is 9.98. The van der Waals surface area contributed by atoms with E-state index in [1.807, 2.05) is 13.0 Å². The summed E-state index contributed by atoms with van der Waals surface area (Å²) < 4.78 is 2.02. The van der Waals surface area contributed by atoms with Gasteiger partial charge in [-0.25, -0.2) is 0 Å². The van der Waals surface area contributed by atoms with E-state index < -0.39 is 0 Å². The van der Waals surface area contributed by atoms with Crippen molar-refractivity contribution in [2.45, 2.75) is 6.92 Å². The molecule has 0 saturated carbocycles. The average Bonchev–Trinajstić information content (AvgIpc) is 2.00. The van der Waals surface area contributed by atoms with E-state index in [4.69, 9.17) is 5.73 Å². The van der Waals surface area contributed by atoms with Gasteiger partial charge in [-0.15, -0.1) is 0 Å². The lowest BCUT2D eigenvalue weighted by molar-refractivity contribution is 0.0999. The Hall–Kier alpha value is -0.100. The topological polar surface area (TPSA) is 43.1 Å². The van der Waals surface area contributed by atoms with Crippen LogP contribution in [0.25, 0.3) is 0 Å². The predicted molar refractivity (Wildman–Crippen MR) is 60.1 cm³/mol. The van der Waals surface area contributed by atoms with E-state index in [0.717, 1.165) is 13.6 Å². The summed E-state index contributed by atoms with van der Waals surface area (Å²) in [5.41, 5.74) is 6.69. The quantitative estimate of drug-likeness (QED) is 0.785. The molecule has 0 aliphatic rings. The maximum Gasteiger partial charge on any atom is 0.249 e. The first-order valence-corrected chi connectivity index (χ1v) is 5.15. The molecule has 0 fully saturated rings. The average molecular weight is 340 g/mol. The van der Waals surface area contributed by atoms with E-state index in [1.54, 1.807) is 6.07 Å². The molecule has 0 bridgehead atoms. The minimum absolute atomic E-state index is 0.377. The minimum Gasteiger partial charge on any atom is -0.366 e. The summed E-state index contributed by atoms with van der Waals surface area (Å²) in [5.74, 6) is -0.377. The standard InChI is InChI=1S/C8H7BrINO/c1-4-5(8(11)12)2-3-6(9)7(4)10/h2-3H,1H3,(H2,11,12). The van der Waals surface area contributed by atoms with Gasteiger partial charge < -0.3 is 5.73 Å². The number of hydrogen-bond donors (Lipinski definition) is 1. The molecular weight excluding hydrogens is 333 g/mol. The fraction of sp³-hybridized carbons (Fsp3) is 0.125. The van der Waals surface area contributed by atoms with Crippen LogP contribution in [0.2, 0.25) is 0 Å². The molecule has 0 atom stereocenters. The number of carbonyl (C=O) groups is 1. The molecule has 12 heavy (non-hydrogen) atoms. The Kier molecular flexibility index (Phi) is 3.11. The Balaban J connectivity index is 3.36. The molecule has 1 aromatic carbocycles. The van der Waals surface area contributed by atoms with Crippen LogP contribution in [-0.4, -0.2) is 5.91 Å². The summed E-state index contributed by atoms with van der Waals surface area (Å²) >= 11 is 5.54. The molecule has 0 aromatic heterocycles. The first-order chi connectivity index (χ1) is 5.54. The summed E-state index contributed by atoms with van der Waals surface area (Å²) in [6.07, 6.45) is 0. The minimum atomic E-state index is -0.377. The third-order valence-electron chi connectivity index (χ3n) is 1.60. The molecule has 0 unspecified atom stereocenters. The van der Waals surface area contributed by atoms with Gasteiger partial charge in [-0.1, -0.05) is 0 Å². The highest BCUT2D eigenvalue weighted by molar-refractivity contribution is 14.1. The smallest absolute Gasteiger partial charge is 0.249 e. The van der Waals surface area contributed by atoms with Crippen LogP contribution in [0, 0.1) is 10.5 Å². The van der Waals surface area contributed by atoms with Gasteiger partial charge in [0.25, 0.3) is 0 Å². The normalized spacial score (nSPS) is 9.92. The first-order valence-electron chi connectivity index (χ1n) is 3.28. The van der Waals surface area contributed by atoms with Crippen LogP contribution in [-0.2, 0) is 0 Å². The van der Waals surface area contributed by atoms with Crippen LogP contribution < -0.4 is 5.73 Å². The van der Waals surface area contributed by atoms with Crippen LogP contribution in [0.1, 0.15) is 15.9 Å². The van der Waals surface area contributed by atoms with E-state index >= 15 is 0 Å². The molecule has 2 N–H and O–H groups in total. The SMILES string of the molecule is Cc1c(C(N)=O)ccc(Br)c1I. The number of hydrogen-bond acceptors (Lipinski definition) is 1. The van der Waals surface area contributed by atoms with Crippen LogP contribution in [0.15, 0.2) is 16.6 Å². The largest absolute Gasteiger partial charge is 0.366 e. The summed E-state index contributed by atoms with van der Waals surface area (Å²) in [4.78, 5) is 10.9. The zero-order valence-electron chi connectivity index (χ0n) is 6.40. The maximum absolute atomic E-state index is 10.9. The van der Waals surface area contributed by atoms with E-state index in [-0.39, 0.29) is 5.91 Å². The van der Waals surface area contributed by atoms with Crippen molar-refractivity contribution in [1.82, 2.24) is 0 Å². The van der Waals surface area contributed by atoms with Crippen molar-refractivity contribution in [3.8, 4) is 0 Å². The van der Waals surface area contributed by atoms with Gasteiger partial charge in [0, 0.05) is 13.6 Å². The number of rotatable bonds is 1. The molecule has 0 heterocycles. The molecule has 0 aliphatic heterocycles. The fourth-order valence-corrected chi connectivity index (χ4v) is 1.82. The molecule has 4 heteroatoms. The lowest BCUT2D eigenvalue weighted by atomic mass is 10.1. The highest BCUT2D eigenvalue weighted by atomic mass is 127. The molecule has 64 valence electrons. The molecule has 0 aliphatic carbocycles. The molecule has 0 spiro atoms. The molecular formula is C8H7BrINO. The second-order valence-corrected chi connectivity index (χ2v) is 4.33. The van der Waals surface area contributed by atoms with Gasteiger partial charge in [0.05, 0.1) is 0 Å². The summed E-state index contributed by atoms with van der Waals surface area (Å²) in [7, 11) is 0. The van der Waals surface area contributed by atoms with Gasteiger partial charge in [-0.05, 0) is 63.1 Å². The summed E-state index contributed by atoms with van der Waals surface area (Å²) in [6, 6.07) is 3.55. The second-order valence-electron chi connectivity index (χ2n) is 2.40. The predicted octanol–water partition coefficient (Wildman–Crippen LogP) is 2.46. The molecule has 1 rings (SSSR count). The van der Waals surface area contributed by atoms with Crippen molar-refractivity contribution in [2.24, 2.45) is 5.73 Å². The highest BCUT2D eigenvalue weighted by Gasteiger charge is 2.09. The maximum atomic E-state index is 10.9. The number of benzene rings is 1. The number of halogens is 2. The van der Waals surface area contributed by atoms with Crippen molar-refractivity contribution in [3.63, 3.8) is 0 Å². The third kappa shape index (κ3) is 1.80. The van der Waals surface area contributed by atoms with Crippen molar-refractivity contribution in [3.05, 3.63) is 31.3 Å². The Morgan fingerprint density at radius 2 is 2.17 bits per heavy atom. The molecule has 1 amide bonds. The number of carbonyl (C=O) groups excluding carboxylic acids is 1. The van der Waals surface area contributed by atoms with E-state index in [9.17, 15) is 4.79 Å². The molecule has 1 aromatic rings. The summed E-state index contributed by atoms with van der Waals surface area (Å²) in [5, 5.41) is 0. The number of primary amides is 1. The molecule has 2 nitrogen and oxygen atoms in total. The Morgan fingerprint density at radius 3 is 2.67 bits per heavy atom. The van der Waals surface area contributed by atoms with Crippen molar-refractivity contribution in [1.29, 1.82) is 0 Å². The number of amides is 1. The Labute approximate surface area is 92.8 Å². The van der Waals surface area contributed by atoms with Crippen molar-refractivity contribution in [2.75, 3.05) is 0 Å². The fourth-order valence-electron chi connectivity index (χ4n) is 0.919. The lowest BCUT2D eigenvalue weighted by Gasteiger charge is -2.05. The van der Waals surface area contributed by atoms with Crippen LogP contribution >= 0.6 is 38.5 Å². The monoisotopic (exact) mass is 339 g/mol. The Bertz CT molecular complexity index is 338. The van der Waals surface area contributed by atoms with E-state index in [2.05, 4.69) is 38.5 Å². The Morgan fingerprint density at radius 1 is 1.58 bits per heavy atom. The molecule has 0 saturated heterocycles. The van der Waals surface area contributed by atoms with Gasteiger partial charge in [0.2, 0.25) is 5.91 Å². The van der Waals surface area contributed by atoms with Gasteiger partial charge in [0.1, 0.15) is 0 Å². The van der Waals surface area contributed by atoms with Crippen molar-refractivity contribution >= 4 is 44.4 Å². The zero-order chi connectivity index (χ0) is 9.30. The second kappa shape index (κ2) is 3.74. The third-order valence-corrected chi connectivity index (χ3v) is 4.40. The van der Waals surface area contributed by atoms with Crippen LogP contribution in [0.3, 0.4) is 0 Å². The summed E-state index contributed by atoms with van der Waals surface area (Å²) in [6.45, 7) is 1.88. The van der Waals surface area contributed by atoms with Gasteiger partial charge >= 0.3 is 0 Å². The van der Waals surface area contributed by atoms with Crippen molar-refractivity contribution < 1.29 is 4.79 Å². The lowest BCUT2D eigenvalue weighted by Crippen LogP contribution is -2.13. The van der Waals surface area contributed by atoms with E-state index in [0.29, 0.717) is 5.56 Å². The molecule has 0 radical (unpaired) electrons. The number of nitrogens with two attached hydrogens (primary N) is 1. The van der Waals surface area contributed by atoms with Gasteiger partial charge in [-0.2, -0.15) is 0 Å². The zero-order valence-corrected chi connectivity index (χ0v) is 10.1. The van der Waals surface area contributed by atoms with Crippen LogP contribution in [0.4, 0.5) is 0 Å². The van der Waals surface area contributed by atoms with Gasteiger partial charge in [-0.3, -0.25) is 4.79 Å². The van der Waals surface area contributed by atoms with Crippen LogP contribution in [0.5, 0.6) is 0 Å².